The van der Waals surface area contributed by atoms with E-state index in [-0.39, 0.29) is 28.5 Å². The standard InChI is InChI=1S/C39H52N8O5.C7H6F3NS/c1-43(26-49)37-32(44(2)34-11-12-36(50)41-38(34)51)5-4-6-33(37)46-19-15-39(16-20-46)13-17-45(18-14-39)23-27-7-9-29(10-8-27)47-24-28-21-31(40-25-48)35(52-3)22-30(28)42-47;1-5-2-6(4-11-3-5)12-7(8,9)10/h4-6,21-22,24-27,29,34H,7-20,23H2,1-3H3,(H,40,48)(H,41,50,51);2-4H,1H3. The SMILES string of the molecule is COc1cc2nn(C3CCC(CN4CCC5(CC4)CCN(c4cccc(N(C)C6CCC(=O)NC6=O)c4N(C)C=O)CC5)CC3)cc2cc1NC=O.Cc1cncc(SC(F)(F)F)c1. The molecular formula is C46H58F3N9O5S. The Morgan fingerprint density at radius 1 is 0.984 bits per heavy atom. The van der Waals surface area contributed by atoms with Gasteiger partial charge in [-0.15, -0.1) is 0 Å². The number of carbonyl (C=O) groups excluding carboxylic acids is 4. The molecule has 1 atom stereocenters. The summed E-state index contributed by atoms with van der Waals surface area (Å²) in [5.41, 5.74) is 1.01. The van der Waals surface area contributed by atoms with Crippen LogP contribution in [-0.4, -0.2) is 110 Å². The minimum Gasteiger partial charge on any atom is -0.494 e. The lowest BCUT2D eigenvalue weighted by atomic mass is 9.71. The second-order valence-corrected chi connectivity index (χ2v) is 18.8. The summed E-state index contributed by atoms with van der Waals surface area (Å²) in [6.07, 6.45) is 16.4. The van der Waals surface area contributed by atoms with E-state index in [1.807, 2.05) is 36.2 Å². The lowest BCUT2D eigenvalue weighted by Gasteiger charge is -2.48. The average molecular weight is 906 g/mol. The fourth-order valence-corrected chi connectivity index (χ4v) is 10.5. The molecule has 4 fully saturated rings. The van der Waals surface area contributed by atoms with E-state index < -0.39 is 11.6 Å². The Labute approximate surface area is 376 Å². The van der Waals surface area contributed by atoms with Gasteiger partial charge in [-0.05, 0) is 131 Å². The predicted octanol–water partition coefficient (Wildman–Crippen LogP) is 7.56. The highest BCUT2D eigenvalue weighted by molar-refractivity contribution is 8.00. The number of carbonyl (C=O) groups is 4. The number of hydrogen-bond donors (Lipinski definition) is 2. The number of nitrogens with zero attached hydrogens (tertiary/aromatic N) is 7. The number of methoxy groups -OCH3 is 1. The Balaban J connectivity index is 0.000000443. The summed E-state index contributed by atoms with van der Waals surface area (Å²) < 4.78 is 43.0. The van der Waals surface area contributed by atoms with Gasteiger partial charge >= 0.3 is 5.51 Å². The molecule has 14 nitrogen and oxygen atoms in total. The number of imide groups is 1. The quantitative estimate of drug-likeness (QED) is 0.0826. The number of nitrogens with one attached hydrogen (secondary N) is 2. The molecule has 64 heavy (non-hydrogen) atoms. The number of amides is 4. The van der Waals surface area contributed by atoms with Gasteiger partial charge in [-0.1, -0.05) is 6.07 Å². The smallest absolute Gasteiger partial charge is 0.446 e. The first-order chi connectivity index (χ1) is 30.7. The summed E-state index contributed by atoms with van der Waals surface area (Å²) in [6.45, 7) is 7.03. The zero-order chi connectivity index (χ0) is 45.6. The third-order valence-corrected chi connectivity index (χ3v) is 14.2. The number of alkyl halides is 3. The maximum absolute atomic E-state index is 12.7. The van der Waals surface area contributed by atoms with Crippen LogP contribution in [0, 0.1) is 18.3 Å². The molecule has 2 aromatic carbocycles. The van der Waals surface area contributed by atoms with Gasteiger partial charge in [0, 0.05) is 75.1 Å². The van der Waals surface area contributed by atoms with E-state index in [2.05, 4.69) is 42.4 Å². The molecule has 3 aliphatic heterocycles. The van der Waals surface area contributed by atoms with Crippen molar-refractivity contribution in [2.24, 2.45) is 11.3 Å². The van der Waals surface area contributed by atoms with Gasteiger partial charge in [0.05, 0.1) is 41.4 Å². The van der Waals surface area contributed by atoms with Gasteiger partial charge in [0.15, 0.2) is 0 Å². The normalized spacial score (nSPS) is 21.4. The van der Waals surface area contributed by atoms with Gasteiger partial charge in [0.1, 0.15) is 11.8 Å². The molecule has 2 aromatic heterocycles. The van der Waals surface area contributed by atoms with Crippen LogP contribution in [0.1, 0.15) is 75.8 Å². The molecule has 0 radical (unpaired) electrons. The molecule has 4 amide bonds. The van der Waals surface area contributed by atoms with Gasteiger partial charge in [-0.25, -0.2) is 0 Å². The van der Waals surface area contributed by atoms with Crippen LogP contribution in [0.4, 0.5) is 35.9 Å². The molecule has 4 aromatic rings. The lowest BCUT2D eigenvalue weighted by Crippen LogP contribution is -2.51. The van der Waals surface area contributed by atoms with E-state index in [9.17, 15) is 32.3 Å². The Morgan fingerprint density at radius 2 is 1.70 bits per heavy atom. The number of likely N-dealkylation sites (N-methyl/N-ethyl adjacent to an activating group) is 1. The molecule has 8 rings (SSSR count). The summed E-state index contributed by atoms with van der Waals surface area (Å²) in [6, 6.07) is 11.2. The summed E-state index contributed by atoms with van der Waals surface area (Å²) >= 11 is -0.148. The fourth-order valence-electron chi connectivity index (χ4n) is 9.90. The van der Waals surface area contributed by atoms with Gasteiger partial charge in [0.2, 0.25) is 24.6 Å². The number of halogens is 3. The van der Waals surface area contributed by atoms with Crippen molar-refractivity contribution in [1.82, 2.24) is 25.0 Å². The Kier molecular flexibility index (Phi) is 14.7. The Hall–Kier alpha value is -5.36. The first-order valence-corrected chi connectivity index (χ1v) is 22.8. The van der Waals surface area contributed by atoms with E-state index in [0.29, 0.717) is 48.1 Å². The molecule has 1 saturated carbocycles. The predicted molar refractivity (Wildman–Crippen MR) is 243 cm³/mol. The average Bonchev–Trinajstić information content (AvgIpc) is 3.69. The number of para-hydroxylation sites is 1. The number of hydrogen-bond acceptors (Lipinski definition) is 11. The van der Waals surface area contributed by atoms with Crippen molar-refractivity contribution in [2.75, 3.05) is 73.9 Å². The fraction of sp³-hybridized carbons (Fsp3) is 0.522. The molecule has 0 bridgehead atoms. The number of anilines is 4. The van der Waals surface area contributed by atoms with Crippen molar-refractivity contribution in [2.45, 2.75) is 93.6 Å². The molecule has 1 unspecified atom stereocenters. The number of ether oxygens (including phenoxy) is 1. The molecule has 3 saturated heterocycles. The number of fused-ring (bicyclic) bond motifs is 1. The maximum atomic E-state index is 12.7. The van der Waals surface area contributed by atoms with Gasteiger partial charge < -0.3 is 29.7 Å². The summed E-state index contributed by atoms with van der Waals surface area (Å²) in [5.74, 6) is 0.788. The van der Waals surface area contributed by atoms with Crippen molar-refractivity contribution in [1.29, 1.82) is 0 Å². The third-order valence-electron chi connectivity index (χ3n) is 13.5. The van der Waals surface area contributed by atoms with E-state index in [4.69, 9.17) is 9.84 Å². The lowest BCUT2D eigenvalue weighted by molar-refractivity contribution is -0.134. The van der Waals surface area contributed by atoms with Crippen LogP contribution in [0.25, 0.3) is 10.9 Å². The van der Waals surface area contributed by atoms with Crippen molar-refractivity contribution in [3.8, 4) is 5.75 Å². The molecule has 4 aliphatic rings. The van der Waals surface area contributed by atoms with Crippen LogP contribution < -0.4 is 30.1 Å². The molecule has 2 N–H and O–H groups in total. The molecule has 1 spiro atoms. The highest BCUT2D eigenvalue weighted by Crippen LogP contribution is 2.46. The van der Waals surface area contributed by atoms with E-state index >= 15 is 0 Å². The second-order valence-electron chi connectivity index (χ2n) is 17.6. The number of piperidine rings is 3. The molecule has 5 heterocycles. The zero-order valence-corrected chi connectivity index (χ0v) is 37.7. The molecule has 344 valence electrons. The van der Waals surface area contributed by atoms with Gasteiger partial charge in [-0.2, -0.15) is 18.3 Å². The molecular weight excluding hydrogens is 848 g/mol. The van der Waals surface area contributed by atoms with Gasteiger partial charge in [-0.3, -0.25) is 34.2 Å². The van der Waals surface area contributed by atoms with Crippen molar-refractivity contribution >= 4 is 70.0 Å². The van der Waals surface area contributed by atoms with Crippen LogP contribution >= 0.6 is 11.8 Å². The number of aromatic nitrogens is 3. The van der Waals surface area contributed by atoms with Crippen LogP contribution in [-0.2, 0) is 19.2 Å². The van der Waals surface area contributed by atoms with Crippen molar-refractivity contribution in [3.63, 3.8) is 0 Å². The van der Waals surface area contributed by atoms with E-state index in [1.54, 1.807) is 26.0 Å². The second kappa shape index (κ2) is 20.2. The number of pyridine rings is 1. The van der Waals surface area contributed by atoms with Crippen LogP contribution in [0.15, 0.2) is 59.9 Å². The highest BCUT2D eigenvalue weighted by Gasteiger charge is 2.40. The number of benzene rings is 2. The Bertz CT molecular complexity index is 2280. The first kappa shape index (κ1) is 46.6. The van der Waals surface area contributed by atoms with Crippen LogP contribution in [0.2, 0.25) is 0 Å². The maximum Gasteiger partial charge on any atom is 0.446 e. The molecule has 18 heteroatoms. The topological polar surface area (TPSA) is 145 Å². The number of aryl methyl sites for hydroxylation is 1. The molecule has 1 aliphatic carbocycles. The summed E-state index contributed by atoms with van der Waals surface area (Å²) in [4.78, 5) is 60.1. The minimum absolute atomic E-state index is 0.127. The van der Waals surface area contributed by atoms with E-state index in [1.165, 1.54) is 50.7 Å². The summed E-state index contributed by atoms with van der Waals surface area (Å²) in [5, 5.41) is 11.1. The highest BCUT2D eigenvalue weighted by atomic mass is 32.2. The monoisotopic (exact) mass is 905 g/mol. The number of likely N-dealkylation sites (tertiary alicyclic amines) is 1. The van der Waals surface area contributed by atoms with Crippen molar-refractivity contribution in [3.05, 3.63) is 60.6 Å². The number of thioether (sulfide) groups is 1. The Morgan fingerprint density at radius 3 is 2.34 bits per heavy atom. The zero-order valence-electron chi connectivity index (χ0n) is 36.9. The van der Waals surface area contributed by atoms with Gasteiger partial charge in [0.25, 0.3) is 0 Å². The largest absolute Gasteiger partial charge is 0.494 e. The third kappa shape index (κ3) is 11.1. The van der Waals surface area contributed by atoms with Crippen LogP contribution in [0.3, 0.4) is 0 Å². The van der Waals surface area contributed by atoms with Crippen LogP contribution in [0.5, 0.6) is 5.75 Å². The van der Waals surface area contributed by atoms with E-state index in [0.717, 1.165) is 91.8 Å². The summed E-state index contributed by atoms with van der Waals surface area (Å²) in [7, 11) is 5.24. The van der Waals surface area contributed by atoms with Crippen molar-refractivity contribution < 1.29 is 37.1 Å². The first-order valence-electron chi connectivity index (χ1n) is 22.0. The minimum atomic E-state index is -4.23. The number of rotatable bonds is 12.